The number of ether oxygens (including phenoxy) is 4. The lowest BCUT2D eigenvalue weighted by molar-refractivity contribution is -0.150. The predicted octanol–water partition coefficient (Wildman–Crippen LogP) is 2.66. The molecular formula is C22H32N2O7S. The Bertz CT molecular complexity index is 802. The fourth-order valence-corrected chi connectivity index (χ4v) is 3.72. The average Bonchev–Trinajstić information content (AvgIpc) is 2.95. The van der Waals surface area contributed by atoms with Crippen molar-refractivity contribution in [2.75, 3.05) is 19.6 Å². The van der Waals surface area contributed by atoms with Gasteiger partial charge in [-0.05, 0) is 47.6 Å². The van der Waals surface area contributed by atoms with E-state index < -0.39 is 17.9 Å². The molecule has 0 saturated heterocycles. The Labute approximate surface area is 193 Å². The van der Waals surface area contributed by atoms with Crippen LogP contribution >= 0.6 is 12.1 Å². The number of nitrogens with zero attached hydrogens (tertiary/aromatic N) is 1. The molecule has 178 valence electrons. The SMILES string of the molecule is CC(C)OC(=O)CN(CC(=O)OC(C)C)SNCC(=O)Oc1cccc2c1OC(C)(C)C2. The first kappa shape index (κ1) is 26.0. The molecule has 1 aliphatic heterocycles. The minimum atomic E-state index is -0.534. The van der Waals surface area contributed by atoms with E-state index in [-0.39, 0.29) is 37.4 Å². The first-order chi connectivity index (χ1) is 14.9. The standard InChI is InChI=1S/C22H32N2O7S/c1-14(2)28-19(26)12-24(13-20(27)29-15(3)4)32-23-11-18(25)30-17-9-7-8-16-10-22(5,6)31-21(16)17/h7-9,14-15,23H,10-13H2,1-6H3. The summed E-state index contributed by atoms with van der Waals surface area (Å²) < 4.78 is 25.9. The number of para-hydroxylation sites is 1. The van der Waals surface area contributed by atoms with Crippen molar-refractivity contribution >= 4 is 30.0 Å². The van der Waals surface area contributed by atoms with Crippen LogP contribution in [-0.4, -0.2) is 59.7 Å². The van der Waals surface area contributed by atoms with Gasteiger partial charge in [0.1, 0.15) is 25.2 Å². The summed E-state index contributed by atoms with van der Waals surface area (Å²) in [6.07, 6.45) is 0.176. The molecule has 32 heavy (non-hydrogen) atoms. The molecule has 0 spiro atoms. The highest BCUT2D eigenvalue weighted by molar-refractivity contribution is 7.95. The number of carbonyl (C=O) groups excluding carboxylic acids is 3. The van der Waals surface area contributed by atoms with E-state index in [0.717, 1.165) is 24.1 Å². The number of hydrogen-bond acceptors (Lipinski definition) is 10. The van der Waals surface area contributed by atoms with E-state index in [0.29, 0.717) is 11.5 Å². The quantitative estimate of drug-likeness (QED) is 0.296. The van der Waals surface area contributed by atoms with Crippen LogP contribution in [0.1, 0.15) is 47.1 Å². The maximum atomic E-state index is 12.3. The smallest absolute Gasteiger partial charge is 0.326 e. The normalized spacial score (nSPS) is 14.3. The van der Waals surface area contributed by atoms with Gasteiger partial charge in [0.15, 0.2) is 11.5 Å². The van der Waals surface area contributed by atoms with Crippen molar-refractivity contribution in [3.05, 3.63) is 23.8 Å². The highest BCUT2D eigenvalue weighted by Crippen LogP contribution is 2.41. The second kappa shape index (κ2) is 11.5. The van der Waals surface area contributed by atoms with Gasteiger partial charge >= 0.3 is 17.9 Å². The Kier molecular flexibility index (Phi) is 9.35. The lowest BCUT2D eigenvalue weighted by atomic mass is 10.0. The zero-order valence-electron chi connectivity index (χ0n) is 19.4. The molecule has 0 atom stereocenters. The van der Waals surface area contributed by atoms with E-state index >= 15 is 0 Å². The Balaban J connectivity index is 1.89. The number of fused-ring (bicyclic) bond motifs is 1. The molecule has 1 aliphatic rings. The number of carbonyl (C=O) groups is 3. The Hall–Kier alpha value is -2.30. The molecule has 0 amide bonds. The van der Waals surface area contributed by atoms with Crippen LogP contribution in [0.2, 0.25) is 0 Å². The van der Waals surface area contributed by atoms with Gasteiger partial charge in [-0.1, -0.05) is 12.1 Å². The van der Waals surface area contributed by atoms with Crippen molar-refractivity contribution < 1.29 is 33.3 Å². The number of rotatable bonds is 11. The maximum absolute atomic E-state index is 12.3. The molecule has 2 rings (SSSR count). The molecule has 1 heterocycles. The fraction of sp³-hybridized carbons (Fsp3) is 0.591. The van der Waals surface area contributed by atoms with E-state index in [1.165, 1.54) is 4.31 Å². The molecule has 1 N–H and O–H groups in total. The Morgan fingerprint density at radius 1 is 1.06 bits per heavy atom. The third kappa shape index (κ3) is 8.68. The lowest BCUT2D eigenvalue weighted by Gasteiger charge is -2.20. The zero-order valence-corrected chi connectivity index (χ0v) is 20.2. The summed E-state index contributed by atoms with van der Waals surface area (Å²) in [6, 6.07) is 5.44. The summed E-state index contributed by atoms with van der Waals surface area (Å²) in [6.45, 7) is 10.4. The van der Waals surface area contributed by atoms with Gasteiger partial charge in [-0.25, -0.2) is 9.03 Å². The van der Waals surface area contributed by atoms with Crippen LogP contribution < -0.4 is 14.2 Å². The molecule has 0 unspecified atom stereocenters. The summed E-state index contributed by atoms with van der Waals surface area (Å²) in [4.78, 5) is 36.3. The van der Waals surface area contributed by atoms with E-state index in [1.807, 2.05) is 26.0 Å². The minimum Gasteiger partial charge on any atom is -0.483 e. The molecule has 1 aromatic carbocycles. The van der Waals surface area contributed by atoms with Crippen LogP contribution in [0.3, 0.4) is 0 Å². The molecule has 9 nitrogen and oxygen atoms in total. The molecule has 0 fully saturated rings. The Morgan fingerprint density at radius 3 is 2.22 bits per heavy atom. The van der Waals surface area contributed by atoms with Crippen molar-refractivity contribution in [2.45, 2.75) is 65.8 Å². The molecule has 10 heteroatoms. The maximum Gasteiger partial charge on any atom is 0.326 e. The lowest BCUT2D eigenvalue weighted by Crippen LogP contribution is -2.36. The average molecular weight is 469 g/mol. The first-order valence-corrected chi connectivity index (χ1v) is 11.3. The van der Waals surface area contributed by atoms with E-state index in [9.17, 15) is 14.4 Å². The number of esters is 3. The number of nitrogens with one attached hydrogen (secondary N) is 1. The second-order valence-corrected chi connectivity index (χ2v) is 9.53. The summed E-state index contributed by atoms with van der Waals surface area (Å²) in [7, 11) is 0. The summed E-state index contributed by atoms with van der Waals surface area (Å²) >= 11 is 0.946. The predicted molar refractivity (Wildman–Crippen MR) is 120 cm³/mol. The van der Waals surface area contributed by atoms with E-state index in [4.69, 9.17) is 18.9 Å². The number of benzene rings is 1. The van der Waals surface area contributed by atoms with Gasteiger partial charge in [0.05, 0.1) is 12.2 Å². The molecule has 1 aromatic rings. The molecular weight excluding hydrogens is 436 g/mol. The van der Waals surface area contributed by atoms with Gasteiger partial charge in [-0.2, -0.15) is 0 Å². The van der Waals surface area contributed by atoms with Gasteiger partial charge in [-0.3, -0.25) is 14.4 Å². The summed E-state index contributed by atoms with van der Waals surface area (Å²) in [5.74, 6) is -0.577. The van der Waals surface area contributed by atoms with Crippen LogP contribution in [-0.2, 0) is 30.3 Å². The van der Waals surface area contributed by atoms with Crippen LogP contribution in [0.5, 0.6) is 11.5 Å². The topological polar surface area (TPSA) is 103 Å². The van der Waals surface area contributed by atoms with Crippen molar-refractivity contribution in [3.63, 3.8) is 0 Å². The highest BCUT2D eigenvalue weighted by Gasteiger charge is 2.32. The van der Waals surface area contributed by atoms with Crippen LogP contribution in [0.15, 0.2) is 18.2 Å². The summed E-state index contributed by atoms with van der Waals surface area (Å²) in [5.41, 5.74) is 0.635. The molecule has 0 aromatic heterocycles. The number of hydrogen-bond donors (Lipinski definition) is 1. The largest absolute Gasteiger partial charge is 0.483 e. The van der Waals surface area contributed by atoms with Crippen LogP contribution in [0.25, 0.3) is 0 Å². The van der Waals surface area contributed by atoms with Gasteiger partial charge < -0.3 is 18.9 Å². The second-order valence-electron chi connectivity index (χ2n) is 8.54. The van der Waals surface area contributed by atoms with Gasteiger partial charge in [0.25, 0.3) is 0 Å². The Morgan fingerprint density at radius 2 is 1.66 bits per heavy atom. The third-order valence-electron chi connectivity index (χ3n) is 4.03. The van der Waals surface area contributed by atoms with Gasteiger partial charge in [-0.15, -0.1) is 0 Å². The molecule has 0 saturated carbocycles. The van der Waals surface area contributed by atoms with Gasteiger partial charge in [0.2, 0.25) is 0 Å². The molecule has 0 radical (unpaired) electrons. The van der Waals surface area contributed by atoms with Crippen molar-refractivity contribution in [2.24, 2.45) is 0 Å². The van der Waals surface area contributed by atoms with Crippen LogP contribution in [0, 0.1) is 0 Å². The molecule has 0 bridgehead atoms. The van der Waals surface area contributed by atoms with E-state index in [1.54, 1.807) is 33.8 Å². The first-order valence-electron chi connectivity index (χ1n) is 10.5. The summed E-state index contributed by atoms with van der Waals surface area (Å²) in [5, 5.41) is 0. The zero-order chi connectivity index (χ0) is 23.9. The van der Waals surface area contributed by atoms with Crippen molar-refractivity contribution in [1.29, 1.82) is 0 Å². The van der Waals surface area contributed by atoms with Crippen molar-refractivity contribution in [1.82, 2.24) is 9.03 Å². The van der Waals surface area contributed by atoms with Crippen molar-refractivity contribution in [3.8, 4) is 11.5 Å². The minimum absolute atomic E-state index is 0.160. The fourth-order valence-electron chi connectivity index (χ4n) is 3.02. The molecule has 0 aliphatic carbocycles. The van der Waals surface area contributed by atoms with Gasteiger partial charge in [0, 0.05) is 24.1 Å². The van der Waals surface area contributed by atoms with E-state index in [2.05, 4.69) is 4.72 Å². The van der Waals surface area contributed by atoms with Crippen LogP contribution in [0.4, 0.5) is 0 Å². The highest BCUT2D eigenvalue weighted by atomic mass is 32.2. The third-order valence-corrected chi connectivity index (χ3v) is 4.82. The monoisotopic (exact) mass is 468 g/mol.